The molecule has 130 valence electrons. The SMILES string of the molecule is O=C(CCn1ncc2ccccc21)Nc1cnn(Cc2ccccc2)c1. The lowest BCUT2D eigenvalue weighted by atomic mass is 10.2. The van der Waals surface area contributed by atoms with Crippen molar-refractivity contribution in [3.8, 4) is 0 Å². The lowest BCUT2D eigenvalue weighted by Crippen LogP contribution is -2.14. The molecule has 26 heavy (non-hydrogen) atoms. The van der Waals surface area contributed by atoms with Gasteiger partial charge in [0.2, 0.25) is 5.91 Å². The van der Waals surface area contributed by atoms with Crippen LogP contribution in [0.1, 0.15) is 12.0 Å². The summed E-state index contributed by atoms with van der Waals surface area (Å²) in [5.41, 5.74) is 2.91. The topological polar surface area (TPSA) is 64.7 Å². The highest BCUT2D eigenvalue weighted by Crippen LogP contribution is 2.13. The number of hydrogen-bond acceptors (Lipinski definition) is 3. The molecule has 0 unspecified atom stereocenters. The van der Waals surface area contributed by atoms with Gasteiger partial charge < -0.3 is 5.32 Å². The van der Waals surface area contributed by atoms with Gasteiger partial charge in [0, 0.05) is 18.0 Å². The van der Waals surface area contributed by atoms with Crippen LogP contribution < -0.4 is 5.32 Å². The molecule has 4 rings (SSSR count). The van der Waals surface area contributed by atoms with Crippen LogP contribution in [0.2, 0.25) is 0 Å². The van der Waals surface area contributed by atoms with Crippen LogP contribution in [0, 0.1) is 0 Å². The van der Waals surface area contributed by atoms with Crippen LogP contribution in [0.4, 0.5) is 5.69 Å². The minimum Gasteiger partial charge on any atom is -0.323 e. The maximum absolute atomic E-state index is 12.2. The van der Waals surface area contributed by atoms with E-state index in [1.165, 1.54) is 5.56 Å². The number of carbonyl (C=O) groups is 1. The smallest absolute Gasteiger partial charge is 0.226 e. The summed E-state index contributed by atoms with van der Waals surface area (Å²) in [4.78, 5) is 12.2. The third-order valence-corrected chi connectivity index (χ3v) is 4.21. The second-order valence-corrected chi connectivity index (χ2v) is 6.14. The summed E-state index contributed by atoms with van der Waals surface area (Å²) in [6, 6.07) is 18.1. The van der Waals surface area contributed by atoms with Crippen LogP contribution in [0.15, 0.2) is 73.2 Å². The maximum atomic E-state index is 12.2. The molecular weight excluding hydrogens is 326 g/mol. The molecule has 0 spiro atoms. The van der Waals surface area contributed by atoms with Gasteiger partial charge in [-0.3, -0.25) is 14.2 Å². The highest BCUT2D eigenvalue weighted by atomic mass is 16.1. The van der Waals surface area contributed by atoms with Crippen LogP contribution in [0.25, 0.3) is 10.9 Å². The van der Waals surface area contributed by atoms with Crippen molar-refractivity contribution in [1.29, 1.82) is 0 Å². The van der Waals surface area contributed by atoms with Crippen molar-refractivity contribution in [2.24, 2.45) is 0 Å². The molecule has 0 bridgehead atoms. The number of para-hydroxylation sites is 1. The van der Waals surface area contributed by atoms with Crippen molar-refractivity contribution in [3.05, 3.63) is 78.8 Å². The normalized spacial score (nSPS) is 10.9. The van der Waals surface area contributed by atoms with Gasteiger partial charge in [-0.1, -0.05) is 48.5 Å². The van der Waals surface area contributed by atoms with E-state index in [2.05, 4.69) is 15.5 Å². The van der Waals surface area contributed by atoms with E-state index in [1.807, 2.05) is 76.4 Å². The Morgan fingerprint density at radius 2 is 1.77 bits per heavy atom. The predicted molar refractivity (Wildman–Crippen MR) is 101 cm³/mol. The Balaban J connectivity index is 1.33. The van der Waals surface area contributed by atoms with Crippen molar-refractivity contribution >= 4 is 22.5 Å². The number of aromatic nitrogens is 4. The zero-order valence-electron chi connectivity index (χ0n) is 14.2. The van der Waals surface area contributed by atoms with Gasteiger partial charge in [-0.05, 0) is 11.6 Å². The zero-order chi connectivity index (χ0) is 17.8. The van der Waals surface area contributed by atoms with Gasteiger partial charge in [-0.25, -0.2) is 0 Å². The van der Waals surface area contributed by atoms with Gasteiger partial charge in [-0.15, -0.1) is 0 Å². The van der Waals surface area contributed by atoms with Gasteiger partial charge in [0.1, 0.15) is 0 Å². The first-order chi connectivity index (χ1) is 12.8. The van der Waals surface area contributed by atoms with Crippen LogP contribution >= 0.6 is 0 Å². The van der Waals surface area contributed by atoms with Crippen LogP contribution in [-0.2, 0) is 17.9 Å². The van der Waals surface area contributed by atoms with Crippen LogP contribution in [0.5, 0.6) is 0 Å². The fourth-order valence-corrected chi connectivity index (χ4v) is 2.92. The summed E-state index contributed by atoms with van der Waals surface area (Å²) in [6.07, 6.45) is 5.69. The fraction of sp³-hybridized carbons (Fsp3) is 0.150. The van der Waals surface area contributed by atoms with E-state index in [0.717, 1.165) is 10.9 Å². The molecule has 2 aromatic heterocycles. The quantitative estimate of drug-likeness (QED) is 0.583. The molecule has 4 aromatic rings. The maximum Gasteiger partial charge on any atom is 0.226 e. The van der Waals surface area contributed by atoms with E-state index in [9.17, 15) is 4.79 Å². The largest absolute Gasteiger partial charge is 0.323 e. The minimum absolute atomic E-state index is 0.0520. The Morgan fingerprint density at radius 1 is 0.962 bits per heavy atom. The lowest BCUT2D eigenvalue weighted by molar-refractivity contribution is -0.116. The van der Waals surface area contributed by atoms with Gasteiger partial charge >= 0.3 is 0 Å². The Kier molecular flexibility index (Phi) is 4.47. The summed E-state index contributed by atoms with van der Waals surface area (Å²) in [5, 5.41) is 12.6. The fourth-order valence-electron chi connectivity index (χ4n) is 2.92. The standard InChI is InChI=1S/C20H19N5O/c26-20(10-11-25-19-9-5-4-8-17(19)12-22-25)23-18-13-21-24(15-18)14-16-6-2-1-3-7-16/h1-9,12-13,15H,10-11,14H2,(H,23,26). The highest BCUT2D eigenvalue weighted by Gasteiger charge is 2.07. The predicted octanol–water partition coefficient (Wildman–Crippen LogP) is 3.31. The molecule has 2 heterocycles. The number of nitrogens with zero attached hydrogens (tertiary/aromatic N) is 4. The Labute approximate surface area is 151 Å². The first kappa shape index (κ1) is 16.1. The second kappa shape index (κ2) is 7.23. The summed E-state index contributed by atoms with van der Waals surface area (Å²) < 4.78 is 3.67. The third-order valence-electron chi connectivity index (χ3n) is 4.21. The van der Waals surface area contributed by atoms with E-state index in [-0.39, 0.29) is 5.91 Å². The zero-order valence-corrected chi connectivity index (χ0v) is 14.2. The molecule has 0 aliphatic heterocycles. The number of fused-ring (bicyclic) bond motifs is 1. The number of rotatable bonds is 6. The first-order valence-corrected chi connectivity index (χ1v) is 8.55. The molecule has 2 aromatic carbocycles. The van der Waals surface area contributed by atoms with Gasteiger partial charge in [0.15, 0.2) is 0 Å². The average Bonchev–Trinajstić information content (AvgIpc) is 3.28. The Morgan fingerprint density at radius 3 is 2.65 bits per heavy atom. The lowest BCUT2D eigenvalue weighted by Gasteiger charge is -2.04. The van der Waals surface area contributed by atoms with Crippen LogP contribution in [-0.4, -0.2) is 25.5 Å². The molecule has 0 fully saturated rings. The van der Waals surface area contributed by atoms with Crippen molar-refractivity contribution < 1.29 is 4.79 Å². The van der Waals surface area contributed by atoms with Crippen molar-refractivity contribution in [2.45, 2.75) is 19.5 Å². The van der Waals surface area contributed by atoms with E-state index in [1.54, 1.807) is 6.20 Å². The highest BCUT2D eigenvalue weighted by molar-refractivity contribution is 5.90. The Bertz CT molecular complexity index is 1020. The molecule has 6 heteroatoms. The molecule has 1 amide bonds. The number of anilines is 1. The molecule has 1 N–H and O–H groups in total. The Hall–Kier alpha value is -3.41. The monoisotopic (exact) mass is 345 g/mol. The number of aryl methyl sites for hydroxylation is 1. The number of benzene rings is 2. The molecular formula is C20H19N5O. The van der Waals surface area contributed by atoms with Gasteiger partial charge in [0.05, 0.1) is 36.7 Å². The number of nitrogens with one attached hydrogen (secondary N) is 1. The van der Waals surface area contributed by atoms with Crippen molar-refractivity contribution in [1.82, 2.24) is 19.6 Å². The minimum atomic E-state index is -0.0520. The van der Waals surface area contributed by atoms with Crippen molar-refractivity contribution in [3.63, 3.8) is 0 Å². The summed E-state index contributed by atoms with van der Waals surface area (Å²) in [6.45, 7) is 1.22. The summed E-state index contributed by atoms with van der Waals surface area (Å²) in [7, 11) is 0. The first-order valence-electron chi connectivity index (χ1n) is 8.55. The van der Waals surface area contributed by atoms with Crippen LogP contribution in [0.3, 0.4) is 0 Å². The number of amides is 1. The van der Waals surface area contributed by atoms with Gasteiger partial charge in [-0.2, -0.15) is 10.2 Å². The van der Waals surface area contributed by atoms with E-state index >= 15 is 0 Å². The van der Waals surface area contributed by atoms with E-state index in [0.29, 0.717) is 25.2 Å². The summed E-state index contributed by atoms with van der Waals surface area (Å²) in [5.74, 6) is -0.0520. The van der Waals surface area contributed by atoms with Crippen molar-refractivity contribution in [2.75, 3.05) is 5.32 Å². The van der Waals surface area contributed by atoms with E-state index < -0.39 is 0 Å². The summed E-state index contributed by atoms with van der Waals surface area (Å²) >= 11 is 0. The third kappa shape index (κ3) is 3.64. The molecule has 6 nitrogen and oxygen atoms in total. The number of hydrogen-bond donors (Lipinski definition) is 1. The average molecular weight is 345 g/mol. The van der Waals surface area contributed by atoms with Gasteiger partial charge in [0.25, 0.3) is 0 Å². The molecule has 0 saturated carbocycles. The molecule has 0 aliphatic carbocycles. The second-order valence-electron chi connectivity index (χ2n) is 6.14. The molecule has 0 saturated heterocycles. The molecule has 0 atom stereocenters. The molecule has 0 radical (unpaired) electrons. The number of carbonyl (C=O) groups excluding carboxylic acids is 1. The molecule has 0 aliphatic rings. The van der Waals surface area contributed by atoms with E-state index in [4.69, 9.17) is 0 Å².